The number of fused-ring (bicyclic) bond motifs is 1. The summed E-state index contributed by atoms with van der Waals surface area (Å²) in [6.45, 7) is 2.83. The summed E-state index contributed by atoms with van der Waals surface area (Å²) < 4.78 is 10.7. The summed E-state index contributed by atoms with van der Waals surface area (Å²) in [5.74, 6) is 0.840. The number of methoxy groups -OCH3 is 1. The van der Waals surface area contributed by atoms with E-state index in [0.717, 1.165) is 37.9 Å². The topological polar surface area (TPSA) is 59.0 Å². The van der Waals surface area contributed by atoms with Crippen LogP contribution in [0.2, 0.25) is 0 Å². The first-order valence-electron chi connectivity index (χ1n) is 9.39. The second-order valence-electron chi connectivity index (χ2n) is 7.60. The minimum absolute atomic E-state index is 0.207. The predicted molar refractivity (Wildman–Crippen MR) is 93.9 cm³/mol. The molecule has 0 spiro atoms. The number of likely N-dealkylation sites (tertiary alicyclic amines) is 1. The van der Waals surface area contributed by atoms with Crippen LogP contribution < -0.4 is 4.74 Å². The first-order valence-corrected chi connectivity index (χ1v) is 9.39. The molecule has 1 N–H and O–H groups in total. The molecule has 5 heteroatoms. The molecule has 1 saturated heterocycles. The van der Waals surface area contributed by atoms with Crippen LogP contribution in [0.4, 0.5) is 4.79 Å². The van der Waals surface area contributed by atoms with Crippen LogP contribution in [-0.2, 0) is 16.6 Å². The Morgan fingerprint density at radius 1 is 1.32 bits per heavy atom. The highest BCUT2D eigenvalue weighted by Crippen LogP contribution is 2.58. The fraction of sp³-hybridized carbons (Fsp3) is 0.650. The molecule has 3 aliphatic rings. The standard InChI is InChI=1S/C20H27NO4/c1-3-25-18(22)21-11-10-19-8-4-5-9-20(19,23)17(21)12-14-6-7-15(24-2)13-16(14)19/h6-7,13,17,23H,3-5,8-12H2,1-2H3. The molecule has 2 fully saturated rings. The number of aliphatic hydroxyl groups is 1. The normalized spacial score (nSPS) is 33.2. The summed E-state index contributed by atoms with van der Waals surface area (Å²) in [5, 5.41) is 11.9. The molecular weight excluding hydrogens is 318 g/mol. The first-order chi connectivity index (χ1) is 12.1. The van der Waals surface area contributed by atoms with Gasteiger partial charge in [-0.3, -0.25) is 0 Å². The second kappa shape index (κ2) is 5.90. The third-order valence-corrected chi connectivity index (χ3v) is 6.70. The molecule has 25 heavy (non-hydrogen) atoms. The average Bonchev–Trinajstić information content (AvgIpc) is 2.61. The lowest BCUT2D eigenvalue weighted by atomic mass is 9.49. The zero-order valence-electron chi connectivity index (χ0n) is 15.1. The third-order valence-electron chi connectivity index (χ3n) is 6.70. The second-order valence-corrected chi connectivity index (χ2v) is 7.60. The summed E-state index contributed by atoms with van der Waals surface area (Å²) in [6.07, 6.45) is 4.99. The molecule has 136 valence electrons. The highest BCUT2D eigenvalue weighted by atomic mass is 16.6. The van der Waals surface area contributed by atoms with Gasteiger partial charge >= 0.3 is 6.09 Å². The average molecular weight is 345 g/mol. The van der Waals surface area contributed by atoms with E-state index in [1.165, 1.54) is 11.1 Å². The van der Waals surface area contributed by atoms with Crippen molar-refractivity contribution in [1.29, 1.82) is 0 Å². The van der Waals surface area contributed by atoms with Crippen LogP contribution in [0.25, 0.3) is 0 Å². The smallest absolute Gasteiger partial charge is 0.410 e. The molecule has 5 nitrogen and oxygen atoms in total. The van der Waals surface area contributed by atoms with E-state index < -0.39 is 5.60 Å². The molecule has 3 unspecified atom stereocenters. The molecule has 1 aromatic carbocycles. The van der Waals surface area contributed by atoms with Crippen LogP contribution in [0.3, 0.4) is 0 Å². The van der Waals surface area contributed by atoms with Crippen molar-refractivity contribution < 1.29 is 19.4 Å². The zero-order valence-corrected chi connectivity index (χ0v) is 15.1. The van der Waals surface area contributed by atoms with Gasteiger partial charge in [0.15, 0.2) is 0 Å². The van der Waals surface area contributed by atoms with Crippen LogP contribution >= 0.6 is 0 Å². The molecule has 1 aliphatic heterocycles. The van der Waals surface area contributed by atoms with Crippen molar-refractivity contribution in [3.8, 4) is 5.75 Å². The van der Waals surface area contributed by atoms with Crippen molar-refractivity contribution in [1.82, 2.24) is 4.90 Å². The van der Waals surface area contributed by atoms with Crippen LogP contribution in [0.15, 0.2) is 18.2 Å². The number of hydrogen-bond donors (Lipinski definition) is 1. The highest BCUT2D eigenvalue weighted by Gasteiger charge is 2.64. The van der Waals surface area contributed by atoms with Gasteiger partial charge in [-0.25, -0.2) is 4.79 Å². The van der Waals surface area contributed by atoms with Gasteiger partial charge in [-0.15, -0.1) is 0 Å². The molecule has 1 aromatic rings. The van der Waals surface area contributed by atoms with Crippen molar-refractivity contribution in [3.63, 3.8) is 0 Å². The maximum Gasteiger partial charge on any atom is 0.410 e. The molecule has 2 bridgehead atoms. The SMILES string of the molecule is CCOC(=O)N1CCC23CCCCC2(O)C1Cc1ccc(OC)cc13. The molecule has 2 aliphatic carbocycles. The third kappa shape index (κ3) is 2.21. The maximum atomic E-state index is 12.5. The molecule has 1 saturated carbocycles. The minimum atomic E-state index is -0.879. The van der Waals surface area contributed by atoms with Crippen molar-refractivity contribution >= 4 is 6.09 Å². The number of benzene rings is 1. The molecule has 0 aromatic heterocycles. The van der Waals surface area contributed by atoms with Crippen molar-refractivity contribution in [2.24, 2.45) is 0 Å². The lowest BCUT2D eigenvalue weighted by Crippen LogP contribution is -2.73. The van der Waals surface area contributed by atoms with Gasteiger partial charge in [-0.05, 0) is 55.9 Å². The number of carbonyl (C=O) groups excluding carboxylic acids is 1. The van der Waals surface area contributed by atoms with Crippen molar-refractivity contribution in [2.45, 2.75) is 62.5 Å². The Kier molecular flexibility index (Phi) is 3.95. The van der Waals surface area contributed by atoms with Gasteiger partial charge in [-0.2, -0.15) is 0 Å². The lowest BCUT2D eigenvalue weighted by molar-refractivity contribution is -0.159. The van der Waals surface area contributed by atoms with Gasteiger partial charge in [0.2, 0.25) is 0 Å². The number of hydrogen-bond acceptors (Lipinski definition) is 4. The fourth-order valence-corrected chi connectivity index (χ4v) is 5.55. The van der Waals surface area contributed by atoms with E-state index >= 15 is 0 Å². The molecule has 4 rings (SSSR count). The van der Waals surface area contributed by atoms with Gasteiger partial charge in [-0.1, -0.05) is 18.9 Å². The number of rotatable bonds is 2. The summed E-state index contributed by atoms with van der Waals surface area (Å²) in [7, 11) is 1.68. The van der Waals surface area contributed by atoms with E-state index in [1.807, 2.05) is 13.0 Å². The summed E-state index contributed by atoms with van der Waals surface area (Å²) in [4.78, 5) is 14.3. The van der Waals surface area contributed by atoms with E-state index in [-0.39, 0.29) is 17.6 Å². The monoisotopic (exact) mass is 345 g/mol. The highest BCUT2D eigenvalue weighted by molar-refractivity contribution is 5.69. The Hall–Kier alpha value is -1.75. The zero-order chi connectivity index (χ0) is 17.7. The molecule has 0 radical (unpaired) electrons. The predicted octanol–water partition coefficient (Wildman–Crippen LogP) is 3.03. The largest absolute Gasteiger partial charge is 0.497 e. The summed E-state index contributed by atoms with van der Waals surface area (Å²) in [5.41, 5.74) is 1.30. The Morgan fingerprint density at radius 3 is 2.88 bits per heavy atom. The fourth-order valence-electron chi connectivity index (χ4n) is 5.55. The maximum absolute atomic E-state index is 12.5. The van der Waals surface area contributed by atoms with Gasteiger partial charge in [0, 0.05) is 12.0 Å². The Morgan fingerprint density at radius 2 is 2.12 bits per heavy atom. The first kappa shape index (κ1) is 16.7. The molecule has 1 heterocycles. The lowest BCUT2D eigenvalue weighted by Gasteiger charge is -2.63. The number of nitrogens with zero attached hydrogens (tertiary/aromatic N) is 1. The quantitative estimate of drug-likeness (QED) is 0.895. The van der Waals surface area contributed by atoms with E-state index in [0.29, 0.717) is 19.6 Å². The minimum Gasteiger partial charge on any atom is -0.497 e. The van der Waals surface area contributed by atoms with E-state index in [9.17, 15) is 9.90 Å². The van der Waals surface area contributed by atoms with Gasteiger partial charge in [0.25, 0.3) is 0 Å². The van der Waals surface area contributed by atoms with Gasteiger partial charge < -0.3 is 19.5 Å². The molecule has 3 atom stereocenters. The van der Waals surface area contributed by atoms with Gasteiger partial charge in [0.1, 0.15) is 5.75 Å². The Labute approximate surface area is 148 Å². The van der Waals surface area contributed by atoms with Crippen molar-refractivity contribution in [2.75, 3.05) is 20.3 Å². The number of carbonyl (C=O) groups is 1. The number of piperidine rings is 1. The van der Waals surface area contributed by atoms with E-state index in [1.54, 1.807) is 12.0 Å². The summed E-state index contributed by atoms with van der Waals surface area (Å²) >= 11 is 0. The van der Waals surface area contributed by atoms with Crippen LogP contribution in [0.1, 0.15) is 50.2 Å². The Bertz CT molecular complexity index is 690. The molecule has 1 amide bonds. The number of ether oxygens (including phenoxy) is 2. The van der Waals surface area contributed by atoms with Crippen LogP contribution in [-0.4, -0.2) is 48.0 Å². The number of amides is 1. The van der Waals surface area contributed by atoms with Crippen LogP contribution in [0, 0.1) is 0 Å². The Balaban J connectivity index is 1.84. The van der Waals surface area contributed by atoms with Gasteiger partial charge in [0.05, 0.1) is 25.4 Å². The molecular formula is C20H27NO4. The van der Waals surface area contributed by atoms with E-state index in [2.05, 4.69) is 12.1 Å². The van der Waals surface area contributed by atoms with Crippen molar-refractivity contribution in [3.05, 3.63) is 29.3 Å². The van der Waals surface area contributed by atoms with E-state index in [4.69, 9.17) is 9.47 Å². The summed E-state index contributed by atoms with van der Waals surface area (Å²) in [6, 6.07) is 5.99. The van der Waals surface area contributed by atoms with Crippen LogP contribution in [0.5, 0.6) is 5.75 Å².